The van der Waals surface area contributed by atoms with Crippen LogP contribution in [-0.2, 0) is 4.74 Å². The quantitative estimate of drug-likeness (QED) is 0.866. The van der Waals surface area contributed by atoms with Gasteiger partial charge in [0, 0.05) is 31.2 Å². The monoisotopic (exact) mass is 350 g/mol. The Morgan fingerprint density at radius 2 is 2.17 bits per heavy atom. The Kier molecular flexibility index (Phi) is 5.22. The summed E-state index contributed by atoms with van der Waals surface area (Å²) in [7, 11) is 0. The molecule has 0 spiro atoms. The van der Waals surface area contributed by atoms with Crippen molar-refractivity contribution in [3.8, 4) is 0 Å². The van der Waals surface area contributed by atoms with Gasteiger partial charge in [-0.1, -0.05) is 11.6 Å². The molecule has 1 saturated heterocycles. The van der Waals surface area contributed by atoms with E-state index in [9.17, 15) is 9.18 Å². The molecule has 0 radical (unpaired) electrons. The summed E-state index contributed by atoms with van der Waals surface area (Å²) in [6.07, 6.45) is 5.11. The lowest BCUT2D eigenvalue weighted by atomic mass is 10.2. The van der Waals surface area contributed by atoms with E-state index in [2.05, 4.69) is 20.6 Å². The molecule has 1 aromatic carbocycles. The summed E-state index contributed by atoms with van der Waals surface area (Å²) in [5.74, 6) is -0.505. The molecule has 2 aromatic rings. The maximum Gasteiger partial charge on any atom is 0.258 e. The molecule has 3 rings (SSSR count). The summed E-state index contributed by atoms with van der Waals surface area (Å²) in [4.78, 5) is 20.3. The van der Waals surface area contributed by atoms with E-state index in [-0.39, 0.29) is 16.7 Å². The number of amides is 1. The van der Waals surface area contributed by atoms with Gasteiger partial charge in [0.1, 0.15) is 5.82 Å². The normalized spacial score (nSPS) is 16.8. The average molecular weight is 351 g/mol. The lowest BCUT2D eigenvalue weighted by Gasteiger charge is -2.10. The van der Waals surface area contributed by atoms with Crippen molar-refractivity contribution in [2.24, 2.45) is 0 Å². The lowest BCUT2D eigenvalue weighted by Crippen LogP contribution is -2.20. The topological polar surface area (TPSA) is 76.1 Å². The van der Waals surface area contributed by atoms with Crippen LogP contribution in [-0.4, -0.2) is 35.1 Å². The van der Waals surface area contributed by atoms with Crippen molar-refractivity contribution in [1.82, 2.24) is 9.97 Å². The first kappa shape index (κ1) is 16.6. The summed E-state index contributed by atoms with van der Waals surface area (Å²) < 4.78 is 18.6. The summed E-state index contributed by atoms with van der Waals surface area (Å²) in [5.41, 5.74) is 0.685. The number of hydrogen-bond donors (Lipinski definition) is 2. The number of halogens is 2. The molecular formula is C16H16ClFN4O2. The number of nitrogens with one attached hydrogen (secondary N) is 2. The number of rotatable bonds is 5. The van der Waals surface area contributed by atoms with Crippen molar-refractivity contribution < 1.29 is 13.9 Å². The zero-order valence-corrected chi connectivity index (χ0v) is 13.5. The summed E-state index contributed by atoms with van der Waals surface area (Å²) >= 11 is 5.68. The highest BCUT2D eigenvalue weighted by molar-refractivity contribution is 6.31. The number of nitrogens with zero attached hydrogens (tertiary/aromatic N) is 2. The molecule has 24 heavy (non-hydrogen) atoms. The second kappa shape index (κ2) is 7.55. The van der Waals surface area contributed by atoms with Gasteiger partial charge in [-0.2, -0.15) is 0 Å². The molecule has 1 amide bonds. The Hall–Kier alpha value is -2.25. The van der Waals surface area contributed by atoms with Crippen molar-refractivity contribution in [2.45, 2.75) is 18.9 Å². The molecular weight excluding hydrogens is 335 g/mol. The number of carbonyl (C=O) groups excluding carboxylic acids is 1. The van der Waals surface area contributed by atoms with E-state index in [0.29, 0.717) is 18.2 Å². The molecule has 1 atom stereocenters. The molecule has 1 aliphatic rings. The van der Waals surface area contributed by atoms with Gasteiger partial charge in [-0.15, -0.1) is 0 Å². The van der Waals surface area contributed by atoms with Gasteiger partial charge in [0.15, 0.2) is 0 Å². The maximum atomic E-state index is 13.1. The second-order valence-corrected chi connectivity index (χ2v) is 5.80. The third-order valence-electron chi connectivity index (χ3n) is 3.60. The van der Waals surface area contributed by atoms with Gasteiger partial charge in [-0.25, -0.2) is 14.4 Å². The Labute approximate surface area is 143 Å². The number of anilines is 2. The van der Waals surface area contributed by atoms with E-state index in [1.165, 1.54) is 30.6 Å². The Morgan fingerprint density at radius 3 is 2.83 bits per heavy atom. The largest absolute Gasteiger partial charge is 0.376 e. The van der Waals surface area contributed by atoms with Gasteiger partial charge in [0.25, 0.3) is 5.91 Å². The molecule has 1 aromatic heterocycles. The first-order chi connectivity index (χ1) is 11.6. The van der Waals surface area contributed by atoms with Crippen molar-refractivity contribution in [2.75, 3.05) is 23.8 Å². The highest BCUT2D eigenvalue weighted by atomic mass is 35.5. The highest BCUT2D eigenvalue weighted by Crippen LogP contribution is 2.20. The number of hydrogen-bond acceptors (Lipinski definition) is 5. The SMILES string of the molecule is O=C(Nc1ccc(F)c(Cl)c1)c1cnc(NCC2CCCO2)nc1. The molecule has 1 aliphatic heterocycles. The van der Waals surface area contributed by atoms with E-state index >= 15 is 0 Å². The molecule has 126 valence electrons. The fourth-order valence-electron chi connectivity index (χ4n) is 2.32. The second-order valence-electron chi connectivity index (χ2n) is 5.39. The molecule has 0 aliphatic carbocycles. The van der Waals surface area contributed by atoms with Gasteiger partial charge in [-0.3, -0.25) is 4.79 Å². The zero-order chi connectivity index (χ0) is 16.9. The molecule has 0 bridgehead atoms. The molecule has 8 heteroatoms. The average Bonchev–Trinajstić information content (AvgIpc) is 3.10. The standard InChI is InChI=1S/C16H16ClFN4O2/c17-13-6-11(3-4-14(13)18)22-15(23)10-7-19-16(20-8-10)21-9-12-2-1-5-24-12/h3-4,6-8,12H,1-2,5,9H2,(H,22,23)(H,19,20,21). The van der Waals surface area contributed by atoms with Gasteiger partial charge in [-0.05, 0) is 31.0 Å². The summed E-state index contributed by atoms with van der Waals surface area (Å²) in [5, 5.41) is 5.63. The van der Waals surface area contributed by atoms with Crippen LogP contribution < -0.4 is 10.6 Å². The molecule has 0 saturated carbocycles. The number of carbonyl (C=O) groups is 1. The molecule has 1 unspecified atom stereocenters. The van der Waals surface area contributed by atoms with Crippen LogP contribution >= 0.6 is 11.6 Å². The first-order valence-corrected chi connectivity index (χ1v) is 7.93. The van der Waals surface area contributed by atoms with E-state index < -0.39 is 11.7 Å². The number of aromatic nitrogens is 2. The van der Waals surface area contributed by atoms with Crippen molar-refractivity contribution in [1.29, 1.82) is 0 Å². The Morgan fingerprint density at radius 1 is 1.38 bits per heavy atom. The third kappa shape index (κ3) is 4.18. The van der Waals surface area contributed by atoms with E-state index in [4.69, 9.17) is 16.3 Å². The zero-order valence-electron chi connectivity index (χ0n) is 12.8. The van der Waals surface area contributed by atoms with Crippen molar-refractivity contribution in [3.05, 3.63) is 47.0 Å². The minimum absolute atomic E-state index is 0.0577. The van der Waals surface area contributed by atoms with Crippen LogP contribution in [0.1, 0.15) is 23.2 Å². The summed E-state index contributed by atoms with van der Waals surface area (Å²) in [6.45, 7) is 1.43. The van der Waals surface area contributed by atoms with Crippen LogP contribution in [0.5, 0.6) is 0 Å². The van der Waals surface area contributed by atoms with Crippen molar-refractivity contribution >= 4 is 29.1 Å². The Balaban J connectivity index is 1.57. The van der Waals surface area contributed by atoms with Crippen molar-refractivity contribution in [3.63, 3.8) is 0 Å². The van der Waals surface area contributed by atoms with Gasteiger partial charge in [0.2, 0.25) is 5.95 Å². The van der Waals surface area contributed by atoms with Crippen LogP contribution in [0.15, 0.2) is 30.6 Å². The first-order valence-electron chi connectivity index (χ1n) is 7.56. The summed E-state index contributed by atoms with van der Waals surface area (Å²) in [6, 6.07) is 3.96. The predicted molar refractivity (Wildman–Crippen MR) is 88.9 cm³/mol. The fourth-order valence-corrected chi connectivity index (χ4v) is 2.50. The van der Waals surface area contributed by atoms with Gasteiger partial charge >= 0.3 is 0 Å². The molecule has 2 heterocycles. The van der Waals surface area contributed by atoms with E-state index in [0.717, 1.165) is 19.4 Å². The van der Waals surface area contributed by atoms with Gasteiger partial charge in [0.05, 0.1) is 16.7 Å². The van der Waals surface area contributed by atoms with Crippen LogP contribution in [0.25, 0.3) is 0 Å². The Bertz CT molecular complexity index is 721. The maximum absolute atomic E-state index is 13.1. The third-order valence-corrected chi connectivity index (χ3v) is 3.89. The molecule has 6 nitrogen and oxygen atoms in total. The van der Waals surface area contributed by atoms with E-state index in [1.54, 1.807) is 0 Å². The minimum Gasteiger partial charge on any atom is -0.376 e. The molecule has 1 fully saturated rings. The smallest absolute Gasteiger partial charge is 0.258 e. The van der Waals surface area contributed by atoms with Crippen LogP contribution in [0.3, 0.4) is 0 Å². The van der Waals surface area contributed by atoms with Crippen LogP contribution in [0.2, 0.25) is 5.02 Å². The predicted octanol–water partition coefficient (Wildman–Crippen LogP) is 3.11. The van der Waals surface area contributed by atoms with Gasteiger partial charge < -0.3 is 15.4 Å². The molecule has 2 N–H and O–H groups in total. The fraction of sp³-hybridized carbons (Fsp3) is 0.312. The lowest BCUT2D eigenvalue weighted by molar-refractivity contribution is 0.102. The highest BCUT2D eigenvalue weighted by Gasteiger charge is 2.15. The number of ether oxygens (including phenoxy) is 1. The van der Waals surface area contributed by atoms with Crippen LogP contribution in [0.4, 0.5) is 16.0 Å². The van der Waals surface area contributed by atoms with E-state index in [1.807, 2.05) is 0 Å². The minimum atomic E-state index is -0.542. The van der Waals surface area contributed by atoms with Crippen LogP contribution in [0, 0.1) is 5.82 Å². The number of benzene rings is 1.